The van der Waals surface area contributed by atoms with Gasteiger partial charge in [0.15, 0.2) is 5.11 Å². The minimum atomic E-state index is -0.428. The molecule has 0 aliphatic rings. The first-order valence-electron chi connectivity index (χ1n) is 8.41. The number of carbonyl (C=O) groups excluding carboxylic acids is 1. The summed E-state index contributed by atoms with van der Waals surface area (Å²) in [5, 5.41) is 11.0. The van der Waals surface area contributed by atoms with E-state index in [1.54, 1.807) is 29.2 Å². The molecule has 3 rings (SSSR count). The monoisotopic (exact) mass is 419 g/mol. The van der Waals surface area contributed by atoms with Crippen molar-refractivity contribution in [3.05, 3.63) is 58.5 Å². The second-order valence-corrected chi connectivity index (χ2v) is 7.32. The minimum absolute atomic E-state index is 0.259. The van der Waals surface area contributed by atoms with Crippen molar-refractivity contribution in [3.63, 3.8) is 0 Å². The summed E-state index contributed by atoms with van der Waals surface area (Å²) < 4.78 is 19.4. The lowest BCUT2D eigenvalue weighted by Crippen LogP contribution is -2.20. The van der Waals surface area contributed by atoms with Gasteiger partial charge in [-0.3, -0.25) is 5.32 Å². The molecule has 7 nitrogen and oxygen atoms in total. The summed E-state index contributed by atoms with van der Waals surface area (Å²) in [5.74, 6) is -0.401. The first-order valence-corrected chi connectivity index (χ1v) is 9.64. The van der Waals surface area contributed by atoms with Gasteiger partial charge >= 0.3 is 5.97 Å². The summed E-state index contributed by atoms with van der Waals surface area (Å²) in [6.07, 6.45) is 2.35. The van der Waals surface area contributed by atoms with Crippen molar-refractivity contribution in [1.82, 2.24) is 14.8 Å². The van der Waals surface area contributed by atoms with Gasteiger partial charge in [-0.15, -0.1) is 16.4 Å². The molecular formula is C18H18FN5O2S2. The van der Waals surface area contributed by atoms with Crippen LogP contribution in [0.5, 0.6) is 0 Å². The molecule has 0 fully saturated rings. The van der Waals surface area contributed by atoms with Crippen LogP contribution in [0.1, 0.15) is 27.7 Å². The molecule has 1 aromatic carbocycles. The van der Waals surface area contributed by atoms with E-state index in [0.29, 0.717) is 23.1 Å². The number of nitrogens with one attached hydrogen (secondary N) is 2. The number of benzene rings is 1. The van der Waals surface area contributed by atoms with Gasteiger partial charge in [-0.1, -0.05) is 19.1 Å². The van der Waals surface area contributed by atoms with E-state index in [9.17, 15) is 9.18 Å². The van der Waals surface area contributed by atoms with Crippen molar-refractivity contribution in [2.45, 2.75) is 19.9 Å². The first kappa shape index (κ1) is 19.9. The average Bonchev–Trinajstić information content (AvgIpc) is 3.29. The predicted octanol–water partition coefficient (Wildman–Crippen LogP) is 3.68. The zero-order valence-corrected chi connectivity index (χ0v) is 16.9. The Balaban J connectivity index is 1.64. The van der Waals surface area contributed by atoms with Gasteiger partial charge in [0.2, 0.25) is 5.95 Å². The Morgan fingerprint density at radius 2 is 2.07 bits per heavy atom. The molecule has 0 aliphatic heterocycles. The normalized spacial score (nSPS) is 10.5. The summed E-state index contributed by atoms with van der Waals surface area (Å²) in [4.78, 5) is 17.1. The molecule has 146 valence electrons. The quantitative estimate of drug-likeness (QED) is 0.466. The number of nitrogens with zero attached hydrogens (tertiary/aromatic N) is 3. The van der Waals surface area contributed by atoms with Crippen molar-refractivity contribution >= 4 is 45.6 Å². The zero-order valence-electron chi connectivity index (χ0n) is 15.2. The smallest absolute Gasteiger partial charge is 0.340 e. The highest BCUT2D eigenvalue weighted by molar-refractivity contribution is 7.80. The first-order chi connectivity index (χ1) is 13.5. The molecular weight excluding hydrogens is 401 g/mol. The van der Waals surface area contributed by atoms with Crippen LogP contribution in [0.4, 0.5) is 15.3 Å². The molecule has 0 spiro atoms. The van der Waals surface area contributed by atoms with Gasteiger partial charge in [0.25, 0.3) is 0 Å². The fourth-order valence-electron chi connectivity index (χ4n) is 2.41. The summed E-state index contributed by atoms with van der Waals surface area (Å²) in [6.45, 7) is 2.46. The maximum Gasteiger partial charge on any atom is 0.340 e. The number of halogens is 1. The lowest BCUT2D eigenvalue weighted by molar-refractivity contribution is 0.0602. The molecule has 0 atom stereocenters. The maximum atomic E-state index is 13.0. The number of anilines is 2. The van der Waals surface area contributed by atoms with Crippen molar-refractivity contribution in [3.8, 4) is 0 Å². The topological polar surface area (TPSA) is 81.1 Å². The van der Waals surface area contributed by atoms with Crippen LogP contribution in [0.2, 0.25) is 0 Å². The number of hydrogen-bond acceptors (Lipinski definition) is 6. The Bertz CT molecular complexity index is 984. The standard InChI is InChI=1S/C18H18FN5O2S2/c1-3-13-8-14(16(25)26-2)15(28-13)21-18(27)22-17-20-10-24(23-17)9-11-4-6-12(19)7-5-11/h4-8,10H,3,9H2,1-2H3,(H2,21,22,23,27). The van der Waals surface area contributed by atoms with Crippen molar-refractivity contribution < 1.29 is 13.9 Å². The van der Waals surface area contributed by atoms with E-state index in [1.165, 1.54) is 30.6 Å². The Labute approximate surface area is 170 Å². The van der Waals surface area contributed by atoms with Gasteiger partial charge in [0.05, 0.1) is 19.2 Å². The van der Waals surface area contributed by atoms with Crippen molar-refractivity contribution in [2.75, 3.05) is 17.7 Å². The summed E-state index contributed by atoms with van der Waals surface area (Å²) >= 11 is 6.73. The van der Waals surface area contributed by atoms with E-state index in [-0.39, 0.29) is 10.9 Å². The van der Waals surface area contributed by atoms with Crippen LogP contribution in [-0.4, -0.2) is 33.0 Å². The third kappa shape index (κ3) is 4.90. The Kier molecular flexibility index (Phi) is 6.32. The molecule has 2 heterocycles. The number of aryl methyl sites for hydroxylation is 1. The predicted molar refractivity (Wildman–Crippen MR) is 110 cm³/mol. The third-order valence-corrected chi connectivity index (χ3v) is 5.18. The number of esters is 1. The number of thiocarbonyl (C=S) groups is 1. The van der Waals surface area contributed by atoms with Gasteiger partial charge < -0.3 is 10.1 Å². The summed E-state index contributed by atoms with van der Waals surface area (Å²) in [7, 11) is 1.34. The molecule has 3 aromatic rings. The van der Waals surface area contributed by atoms with Crippen LogP contribution >= 0.6 is 23.6 Å². The maximum absolute atomic E-state index is 13.0. The SMILES string of the molecule is CCc1cc(C(=O)OC)c(NC(=S)Nc2ncn(Cc3ccc(F)cc3)n2)s1. The number of aromatic nitrogens is 3. The molecule has 0 saturated carbocycles. The van der Waals surface area contributed by atoms with Crippen LogP contribution in [0, 0.1) is 5.82 Å². The molecule has 0 amide bonds. The number of thiophene rings is 1. The van der Waals surface area contributed by atoms with Gasteiger partial charge in [-0.2, -0.15) is 0 Å². The second kappa shape index (κ2) is 8.89. The van der Waals surface area contributed by atoms with Crippen LogP contribution in [0.15, 0.2) is 36.7 Å². The highest BCUT2D eigenvalue weighted by atomic mass is 32.1. The van der Waals surface area contributed by atoms with Crippen LogP contribution in [0.3, 0.4) is 0 Å². The molecule has 0 unspecified atom stereocenters. The molecule has 0 radical (unpaired) electrons. The van der Waals surface area contributed by atoms with Crippen LogP contribution in [0.25, 0.3) is 0 Å². The van der Waals surface area contributed by atoms with Gasteiger partial charge in [0, 0.05) is 4.88 Å². The molecule has 0 saturated heterocycles. The van der Waals surface area contributed by atoms with Gasteiger partial charge in [0.1, 0.15) is 17.1 Å². The number of rotatable bonds is 6. The van der Waals surface area contributed by atoms with E-state index in [1.807, 2.05) is 6.92 Å². The van der Waals surface area contributed by atoms with Crippen LogP contribution < -0.4 is 10.6 Å². The number of ether oxygens (including phenoxy) is 1. The van der Waals surface area contributed by atoms with Gasteiger partial charge in [-0.25, -0.2) is 18.9 Å². The molecule has 0 bridgehead atoms. The number of methoxy groups -OCH3 is 1. The lowest BCUT2D eigenvalue weighted by Gasteiger charge is -2.07. The van der Waals surface area contributed by atoms with Gasteiger partial charge in [-0.05, 0) is 42.4 Å². The van der Waals surface area contributed by atoms with E-state index in [4.69, 9.17) is 17.0 Å². The average molecular weight is 420 g/mol. The molecule has 2 aromatic heterocycles. The van der Waals surface area contributed by atoms with E-state index in [0.717, 1.165) is 16.9 Å². The number of hydrogen-bond donors (Lipinski definition) is 2. The Hall–Kier alpha value is -2.85. The number of carbonyl (C=O) groups is 1. The highest BCUT2D eigenvalue weighted by Crippen LogP contribution is 2.29. The molecule has 28 heavy (non-hydrogen) atoms. The molecule has 0 aliphatic carbocycles. The molecule has 2 N–H and O–H groups in total. The Morgan fingerprint density at radius 3 is 2.75 bits per heavy atom. The lowest BCUT2D eigenvalue weighted by atomic mass is 10.2. The molecule has 10 heteroatoms. The van der Waals surface area contributed by atoms with Crippen molar-refractivity contribution in [1.29, 1.82) is 0 Å². The fraction of sp³-hybridized carbons (Fsp3) is 0.222. The minimum Gasteiger partial charge on any atom is -0.465 e. The fourth-order valence-corrected chi connectivity index (χ4v) is 3.66. The van der Waals surface area contributed by atoms with Crippen LogP contribution in [-0.2, 0) is 17.7 Å². The Morgan fingerprint density at radius 1 is 1.32 bits per heavy atom. The summed E-state index contributed by atoms with van der Waals surface area (Å²) in [5.41, 5.74) is 1.33. The van der Waals surface area contributed by atoms with E-state index in [2.05, 4.69) is 20.7 Å². The summed E-state index contributed by atoms with van der Waals surface area (Å²) in [6, 6.07) is 7.96. The zero-order chi connectivity index (χ0) is 20.1. The second-order valence-electron chi connectivity index (χ2n) is 5.77. The van der Waals surface area contributed by atoms with Crippen molar-refractivity contribution in [2.24, 2.45) is 0 Å². The third-order valence-electron chi connectivity index (χ3n) is 3.78. The van der Waals surface area contributed by atoms with E-state index >= 15 is 0 Å². The largest absolute Gasteiger partial charge is 0.465 e. The highest BCUT2D eigenvalue weighted by Gasteiger charge is 2.17. The van der Waals surface area contributed by atoms with E-state index < -0.39 is 5.97 Å².